The minimum atomic E-state index is -1.18. The lowest BCUT2D eigenvalue weighted by Crippen LogP contribution is -2.48. The van der Waals surface area contributed by atoms with Crippen LogP contribution in [0.3, 0.4) is 0 Å². The average Bonchev–Trinajstić information content (AvgIpc) is 3.17. The number of carboxylic acids is 1. The molecule has 1 aromatic carbocycles. The number of carbonyl (C=O) groups excluding carboxylic acids is 1. The lowest BCUT2D eigenvalue weighted by molar-refractivity contribution is -0.140. The van der Waals surface area contributed by atoms with Gasteiger partial charge in [-0.05, 0) is 49.2 Å². The molecule has 1 N–H and O–H groups in total. The molecular weight excluding hydrogens is 541 g/mol. The lowest BCUT2D eigenvalue weighted by Gasteiger charge is -2.39. The third kappa shape index (κ3) is 5.84. The molecule has 0 aliphatic carbocycles. The van der Waals surface area contributed by atoms with Crippen LogP contribution in [0.2, 0.25) is 0 Å². The molecule has 9 nitrogen and oxygen atoms in total. The van der Waals surface area contributed by atoms with Crippen molar-refractivity contribution in [3.63, 3.8) is 0 Å². The number of hydrogen-bond acceptors (Lipinski definition) is 8. The highest BCUT2D eigenvalue weighted by molar-refractivity contribution is 8.26. The van der Waals surface area contributed by atoms with Gasteiger partial charge >= 0.3 is 5.97 Å². The van der Waals surface area contributed by atoms with Gasteiger partial charge in [0, 0.05) is 44.0 Å². The number of hydrogen-bond donors (Lipinski definition) is 1. The summed E-state index contributed by atoms with van der Waals surface area (Å²) in [5.41, 5.74) is 1.54. The number of amides is 1. The zero-order valence-corrected chi connectivity index (χ0v) is 23.3. The van der Waals surface area contributed by atoms with Crippen molar-refractivity contribution in [2.24, 2.45) is 0 Å². The number of halogens is 1. The number of thiocarbonyl (C=S) groups is 1. The molecule has 4 rings (SSSR count). The van der Waals surface area contributed by atoms with Crippen LogP contribution in [-0.2, 0) is 16.1 Å². The van der Waals surface area contributed by atoms with Gasteiger partial charge in [0.1, 0.15) is 34.1 Å². The van der Waals surface area contributed by atoms with Crippen LogP contribution in [-0.4, -0.2) is 63.5 Å². The summed E-state index contributed by atoms with van der Waals surface area (Å²) in [4.78, 5) is 43.3. The Bertz CT molecular complexity index is 1440. The molecule has 2 aliphatic heterocycles. The van der Waals surface area contributed by atoms with E-state index >= 15 is 0 Å². The second kappa shape index (κ2) is 12.0. The van der Waals surface area contributed by atoms with Crippen molar-refractivity contribution in [2.45, 2.75) is 33.2 Å². The molecule has 0 unspecified atom stereocenters. The zero-order valence-electron chi connectivity index (χ0n) is 21.6. The number of aliphatic carboxylic acids is 1. The minimum Gasteiger partial charge on any atom is -0.480 e. The summed E-state index contributed by atoms with van der Waals surface area (Å²) < 4.78 is 15.2. The van der Waals surface area contributed by atoms with Gasteiger partial charge in [-0.3, -0.25) is 23.9 Å². The number of benzene rings is 1. The van der Waals surface area contributed by atoms with Gasteiger partial charge in [0.25, 0.3) is 11.5 Å². The molecule has 2 aliphatic rings. The Kier molecular flexibility index (Phi) is 8.72. The monoisotopic (exact) mass is 569 g/mol. The number of nitrogens with zero attached hydrogens (tertiary/aromatic N) is 5. The Morgan fingerprint density at radius 3 is 2.41 bits per heavy atom. The van der Waals surface area contributed by atoms with Crippen LogP contribution in [0.15, 0.2) is 34.0 Å². The van der Waals surface area contributed by atoms with E-state index in [9.17, 15) is 29.1 Å². The molecule has 204 valence electrons. The predicted molar refractivity (Wildman–Crippen MR) is 153 cm³/mol. The Balaban J connectivity index is 1.79. The van der Waals surface area contributed by atoms with Gasteiger partial charge in [0.05, 0.1) is 4.91 Å². The van der Waals surface area contributed by atoms with Crippen molar-refractivity contribution in [3.05, 3.63) is 62.0 Å². The van der Waals surface area contributed by atoms with Crippen molar-refractivity contribution in [3.8, 4) is 6.07 Å². The Labute approximate surface area is 235 Å². The maximum Gasteiger partial charge on any atom is 0.323 e. The van der Waals surface area contributed by atoms with Crippen LogP contribution in [0.1, 0.15) is 36.5 Å². The minimum absolute atomic E-state index is 0.00654. The number of rotatable bonds is 8. The highest BCUT2D eigenvalue weighted by Gasteiger charge is 2.35. The Hall–Kier alpha value is -3.69. The Morgan fingerprint density at radius 2 is 1.82 bits per heavy atom. The summed E-state index contributed by atoms with van der Waals surface area (Å²) in [6.45, 7) is 5.90. The molecule has 0 saturated carbocycles. The highest BCUT2D eigenvalue weighted by atomic mass is 32.2. The molecule has 1 aromatic heterocycles. The number of thioether (sulfide) groups is 1. The summed E-state index contributed by atoms with van der Waals surface area (Å²) in [7, 11) is 0. The second-order valence-corrected chi connectivity index (χ2v) is 10.9. The van der Waals surface area contributed by atoms with E-state index in [0.717, 1.165) is 35.2 Å². The van der Waals surface area contributed by atoms with Crippen LogP contribution >= 0.6 is 24.0 Å². The van der Waals surface area contributed by atoms with E-state index < -0.39 is 18.4 Å². The number of pyridine rings is 1. The van der Waals surface area contributed by atoms with Crippen LogP contribution in [0, 0.1) is 24.1 Å². The highest BCUT2D eigenvalue weighted by Crippen LogP contribution is 2.36. The van der Waals surface area contributed by atoms with Gasteiger partial charge in [0.2, 0.25) is 0 Å². The predicted octanol–water partition coefficient (Wildman–Crippen LogP) is 3.58. The van der Waals surface area contributed by atoms with Gasteiger partial charge in [-0.25, -0.2) is 4.39 Å². The van der Waals surface area contributed by atoms with E-state index in [4.69, 9.17) is 12.2 Å². The number of aromatic nitrogens is 1. The first-order chi connectivity index (χ1) is 18.7. The fraction of sp³-hybridized carbons (Fsp3) is 0.370. The summed E-state index contributed by atoms with van der Waals surface area (Å²) in [6.07, 6.45) is 3.18. The average molecular weight is 570 g/mol. The lowest BCUT2D eigenvalue weighted by atomic mass is 10.0. The molecule has 0 bridgehead atoms. The molecule has 39 heavy (non-hydrogen) atoms. The van der Waals surface area contributed by atoms with Gasteiger partial charge in [-0.2, -0.15) is 5.26 Å². The molecule has 2 fully saturated rings. The van der Waals surface area contributed by atoms with Gasteiger partial charge in [-0.15, -0.1) is 0 Å². The van der Waals surface area contributed by atoms with Crippen molar-refractivity contribution >= 4 is 57.8 Å². The number of anilines is 2. The summed E-state index contributed by atoms with van der Waals surface area (Å²) in [5.74, 6) is -1.39. The first-order valence-electron chi connectivity index (χ1n) is 12.6. The number of carboxylic acid groups (broad SMARTS) is 1. The van der Waals surface area contributed by atoms with Crippen LogP contribution in [0.4, 0.5) is 15.9 Å². The van der Waals surface area contributed by atoms with Gasteiger partial charge in [0.15, 0.2) is 0 Å². The summed E-state index contributed by atoms with van der Waals surface area (Å²) in [6, 6.07) is 8.35. The SMILES string of the molecule is CCCCn1c(N2CCN(c3ccc(F)cc3)CC2)c(/C=C2/SC(=S)N(CC(=O)O)C2=O)c(C)c(C#N)c1=O. The molecule has 1 amide bonds. The van der Waals surface area contributed by atoms with E-state index in [1.807, 2.05) is 13.0 Å². The first-order valence-corrected chi connectivity index (χ1v) is 13.8. The van der Waals surface area contributed by atoms with E-state index in [0.29, 0.717) is 49.7 Å². The van der Waals surface area contributed by atoms with Crippen LogP contribution < -0.4 is 15.4 Å². The fourth-order valence-electron chi connectivity index (χ4n) is 4.74. The smallest absolute Gasteiger partial charge is 0.323 e. The largest absolute Gasteiger partial charge is 0.480 e. The first kappa shape index (κ1) is 28.3. The van der Waals surface area contributed by atoms with E-state index in [2.05, 4.69) is 9.80 Å². The molecule has 0 atom stereocenters. The summed E-state index contributed by atoms with van der Waals surface area (Å²) in [5, 5.41) is 19.0. The topological polar surface area (TPSA) is 110 Å². The van der Waals surface area contributed by atoms with Crippen molar-refractivity contribution in [2.75, 3.05) is 42.5 Å². The quantitative estimate of drug-likeness (QED) is 0.377. The van der Waals surface area contributed by atoms with Gasteiger partial charge < -0.3 is 14.9 Å². The third-order valence-corrected chi connectivity index (χ3v) is 8.17. The molecule has 3 heterocycles. The molecular formula is C27H28FN5O4S2. The maximum atomic E-state index is 13.5. The molecule has 0 radical (unpaired) electrons. The second-order valence-electron chi connectivity index (χ2n) is 9.27. The molecule has 12 heteroatoms. The number of piperazine rings is 1. The van der Waals surface area contributed by atoms with Crippen LogP contribution in [0.5, 0.6) is 0 Å². The standard InChI is InChI=1S/C27H28FN5O4S2/c1-3-4-9-32-24(31-12-10-30(11-13-31)19-7-5-18(28)6-8-19)20(17(2)21(15-29)25(32)36)14-22-26(37)33(16-23(34)35)27(38)39-22/h5-8,14H,3-4,9-13,16H2,1-2H3,(H,34,35)/b22-14+. The number of unbranched alkanes of at least 4 members (excludes halogenated alkanes) is 1. The van der Waals surface area contributed by atoms with E-state index in [1.54, 1.807) is 29.7 Å². The number of carbonyl (C=O) groups is 2. The van der Waals surface area contributed by atoms with Crippen molar-refractivity contribution in [1.29, 1.82) is 5.26 Å². The summed E-state index contributed by atoms with van der Waals surface area (Å²) >= 11 is 6.26. The normalized spacial score (nSPS) is 16.8. The van der Waals surface area contributed by atoms with E-state index in [-0.39, 0.29) is 26.2 Å². The third-order valence-electron chi connectivity index (χ3n) is 6.80. The molecule has 2 saturated heterocycles. The number of nitriles is 1. The Morgan fingerprint density at radius 1 is 1.18 bits per heavy atom. The van der Waals surface area contributed by atoms with Gasteiger partial charge in [-0.1, -0.05) is 37.3 Å². The van der Waals surface area contributed by atoms with Crippen molar-refractivity contribution in [1.82, 2.24) is 9.47 Å². The molecule has 0 spiro atoms. The van der Waals surface area contributed by atoms with E-state index in [1.165, 1.54) is 12.1 Å². The zero-order chi connectivity index (χ0) is 28.3. The maximum absolute atomic E-state index is 13.5. The molecule has 2 aromatic rings. The van der Waals surface area contributed by atoms with Crippen LogP contribution in [0.25, 0.3) is 6.08 Å². The fourth-order valence-corrected chi connectivity index (χ4v) is 5.98. The van der Waals surface area contributed by atoms with Crippen molar-refractivity contribution < 1.29 is 19.1 Å².